The molecule has 1 aliphatic rings. The van der Waals surface area contributed by atoms with Crippen molar-refractivity contribution in [2.24, 2.45) is 5.92 Å². The predicted octanol–water partition coefficient (Wildman–Crippen LogP) is 7.94. The Morgan fingerprint density at radius 1 is 0.852 bits per heavy atom. The minimum atomic E-state index is -0.653. The van der Waals surface area contributed by atoms with Gasteiger partial charge in [0.2, 0.25) is 0 Å². The van der Waals surface area contributed by atoms with Gasteiger partial charge in [-0.3, -0.25) is 0 Å². The van der Waals surface area contributed by atoms with Gasteiger partial charge < -0.3 is 9.84 Å². The molecule has 2 atom stereocenters. The number of unbranched alkanes of at least 4 members (excludes halogenated alkanes) is 12. The van der Waals surface area contributed by atoms with Gasteiger partial charge in [0.25, 0.3) is 0 Å². The summed E-state index contributed by atoms with van der Waals surface area (Å²) in [6.45, 7) is 5.23. The van der Waals surface area contributed by atoms with Crippen molar-refractivity contribution in [2.45, 2.75) is 136 Å². The Hall–Kier alpha value is -0.340. The highest BCUT2D eigenvalue weighted by Gasteiger charge is 2.14. The molecule has 0 unspecified atom stereocenters. The molecule has 2 heteroatoms. The number of aliphatic hydroxyl groups excluding tert-OH is 1. The highest BCUT2D eigenvalue weighted by atomic mass is 16.6. The summed E-state index contributed by atoms with van der Waals surface area (Å²) in [7, 11) is 0. The normalized spacial score (nSPS) is 16.9. The second kappa shape index (κ2) is 17.7. The van der Waals surface area contributed by atoms with Crippen molar-refractivity contribution in [2.75, 3.05) is 6.61 Å². The third kappa shape index (κ3) is 14.3. The van der Waals surface area contributed by atoms with Gasteiger partial charge in [-0.15, -0.1) is 0 Å². The lowest BCUT2D eigenvalue weighted by molar-refractivity contribution is -0.0855. The van der Waals surface area contributed by atoms with Gasteiger partial charge in [-0.25, -0.2) is 0 Å². The van der Waals surface area contributed by atoms with E-state index < -0.39 is 6.29 Å². The summed E-state index contributed by atoms with van der Waals surface area (Å²) < 4.78 is 5.69. The fraction of sp³-hybridized carbons (Fsp3) is 0.920. The lowest BCUT2D eigenvalue weighted by atomic mass is 9.99. The molecular weight excluding hydrogens is 332 g/mol. The molecule has 0 amide bonds. The Labute approximate surface area is 170 Å². The van der Waals surface area contributed by atoms with Crippen LogP contribution in [0.15, 0.2) is 11.6 Å². The number of aliphatic hydroxyl groups is 1. The molecule has 1 N–H and O–H groups in total. The van der Waals surface area contributed by atoms with Crippen LogP contribution in [0, 0.1) is 5.92 Å². The van der Waals surface area contributed by atoms with E-state index in [1.54, 1.807) is 0 Å². The lowest BCUT2D eigenvalue weighted by Crippen LogP contribution is -2.20. The van der Waals surface area contributed by atoms with Crippen LogP contribution < -0.4 is 0 Å². The molecule has 1 aliphatic carbocycles. The van der Waals surface area contributed by atoms with E-state index in [1.165, 1.54) is 103 Å². The average molecular weight is 381 g/mol. The third-order valence-corrected chi connectivity index (χ3v) is 5.98. The number of hydrogen-bond acceptors (Lipinski definition) is 2. The smallest absolute Gasteiger partial charge is 0.177 e. The van der Waals surface area contributed by atoms with Crippen LogP contribution in [-0.2, 0) is 4.74 Å². The number of allylic oxidation sites excluding steroid dienone is 1. The maximum Gasteiger partial charge on any atom is 0.177 e. The number of ether oxygens (including phenoxy) is 1. The Morgan fingerprint density at radius 3 is 1.93 bits per heavy atom. The first-order chi connectivity index (χ1) is 13.2. The van der Waals surface area contributed by atoms with Gasteiger partial charge in [0, 0.05) is 0 Å². The summed E-state index contributed by atoms with van der Waals surface area (Å²) in [4.78, 5) is 0. The highest BCUT2D eigenvalue weighted by Crippen LogP contribution is 2.22. The zero-order chi connectivity index (χ0) is 19.6. The molecule has 0 aromatic rings. The molecular formula is C25H48O2. The van der Waals surface area contributed by atoms with Gasteiger partial charge >= 0.3 is 0 Å². The molecule has 0 bridgehead atoms. The fourth-order valence-electron chi connectivity index (χ4n) is 4.04. The van der Waals surface area contributed by atoms with Crippen molar-refractivity contribution in [3.63, 3.8) is 0 Å². The second-order valence-corrected chi connectivity index (χ2v) is 8.85. The Kier molecular flexibility index (Phi) is 16.2. The maximum atomic E-state index is 10.1. The molecule has 0 spiro atoms. The lowest BCUT2D eigenvalue weighted by Gasteiger charge is -2.21. The highest BCUT2D eigenvalue weighted by molar-refractivity contribution is 5.07. The van der Waals surface area contributed by atoms with E-state index in [0.29, 0.717) is 12.5 Å². The van der Waals surface area contributed by atoms with Gasteiger partial charge in [0.05, 0.1) is 6.61 Å². The maximum absolute atomic E-state index is 10.1. The van der Waals surface area contributed by atoms with E-state index in [0.717, 1.165) is 18.4 Å². The summed E-state index contributed by atoms with van der Waals surface area (Å²) in [5.41, 5.74) is 1.11. The average Bonchev–Trinajstić information content (AvgIpc) is 2.70. The zero-order valence-electron chi connectivity index (χ0n) is 18.5. The van der Waals surface area contributed by atoms with Crippen LogP contribution >= 0.6 is 0 Å². The summed E-state index contributed by atoms with van der Waals surface area (Å²) in [6.07, 6.45) is 25.6. The largest absolute Gasteiger partial charge is 0.364 e. The van der Waals surface area contributed by atoms with Crippen LogP contribution in [0.25, 0.3) is 0 Å². The van der Waals surface area contributed by atoms with Crippen molar-refractivity contribution in [3.05, 3.63) is 11.6 Å². The van der Waals surface area contributed by atoms with Crippen LogP contribution in [0.4, 0.5) is 0 Å². The van der Waals surface area contributed by atoms with Gasteiger partial charge in [0.1, 0.15) is 0 Å². The van der Waals surface area contributed by atoms with E-state index in [2.05, 4.69) is 19.9 Å². The minimum Gasteiger partial charge on any atom is -0.364 e. The van der Waals surface area contributed by atoms with Crippen molar-refractivity contribution >= 4 is 0 Å². The molecule has 0 fully saturated rings. The summed E-state index contributed by atoms with van der Waals surface area (Å²) in [5, 5.41) is 10.1. The van der Waals surface area contributed by atoms with E-state index in [-0.39, 0.29) is 0 Å². The van der Waals surface area contributed by atoms with Crippen LogP contribution in [0.1, 0.15) is 129 Å². The zero-order valence-corrected chi connectivity index (χ0v) is 18.5. The molecule has 0 saturated carbocycles. The fourth-order valence-corrected chi connectivity index (χ4v) is 4.04. The van der Waals surface area contributed by atoms with Crippen molar-refractivity contribution in [1.29, 1.82) is 0 Å². The Balaban J connectivity index is 1.82. The molecule has 0 aromatic heterocycles. The van der Waals surface area contributed by atoms with Gasteiger partial charge in [0.15, 0.2) is 6.29 Å². The van der Waals surface area contributed by atoms with E-state index in [4.69, 9.17) is 4.74 Å². The van der Waals surface area contributed by atoms with Crippen LogP contribution in [0.3, 0.4) is 0 Å². The Bertz CT molecular complexity index is 350. The standard InChI is InChI=1S/C25H48O2/c1-3-4-5-6-7-8-9-10-11-12-13-14-16-19-23(2)22-27-25(26)24-20-17-15-18-21-24/h20,23,25-26H,3-19,21-22H2,1-2H3/t23-,25+/m0/s1. The summed E-state index contributed by atoms with van der Waals surface area (Å²) in [5.74, 6) is 0.552. The molecule has 0 saturated heterocycles. The molecule has 1 rings (SSSR count). The van der Waals surface area contributed by atoms with Crippen molar-refractivity contribution in [1.82, 2.24) is 0 Å². The van der Waals surface area contributed by atoms with Crippen LogP contribution in [0.5, 0.6) is 0 Å². The summed E-state index contributed by atoms with van der Waals surface area (Å²) in [6, 6.07) is 0. The van der Waals surface area contributed by atoms with Gasteiger partial charge in [-0.1, -0.05) is 103 Å². The van der Waals surface area contributed by atoms with E-state index >= 15 is 0 Å². The second-order valence-electron chi connectivity index (χ2n) is 8.85. The minimum absolute atomic E-state index is 0.552. The first-order valence-corrected chi connectivity index (χ1v) is 12.2. The first-order valence-electron chi connectivity index (χ1n) is 12.2. The Morgan fingerprint density at radius 2 is 1.41 bits per heavy atom. The van der Waals surface area contributed by atoms with E-state index in [9.17, 15) is 5.11 Å². The number of hydrogen-bond donors (Lipinski definition) is 1. The molecule has 27 heavy (non-hydrogen) atoms. The number of rotatable bonds is 18. The predicted molar refractivity (Wildman–Crippen MR) is 118 cm³/mol. The monoisotopic (exact) mass is 380 g/mol. The quantitative estimate of drug-likeness (QED) is 0.148. The van der Waals surface area contributed by atoms with Crippen LogP contribution in [-0.4, -0.2) is 18.0 Å². The van der Waals surface area contributed by atoms with Gasteiger partial charge in [-0.05, 0) is 43.6 Å². The topological polar surface area (TPSA) is 29.5 Å². The SMILES string of the molecule is CCCCCCCCCCCCCCC[C@H](C)CO[C@@H](O)C1=CCCCC1. The first kappa shape index (κ1) is 24.7. The van der Waals surface area contributed by atoms with Crippen LogP contribution in [0.2, 0.25) is 0 Å². The van der Waals surface area contributed by atoms with Gasteiger partial charge in [-0.2, -0.15) is 0 Å². The van der Waals surface area contributed by atoms with Crippen molar-refractivity contribution in [3.8, 4) is 0 Å². The molecule has 0 heterocycles. The van der Waals surface area contributed by atoms with Crippen molar-refractivity contribution < 1.29 is 9.84 Å². The van der Waals surface area contributed by atoms with E-state index in [1.807, 2.05) is 0 Å². The summed E-state index contributed by atoms with van der Waals surface area (Å²) >= 11 is 0. The molecule has 0 aliphatic heterocycles. The molecule has 0 aromatic carbocycles. The molecule has 0 radical (unpaired) electrons. The molecule has 160 valence electrons. The molecule has 2 nitrogen and oxygen atoms in total. The third-order valence-electron chi connectivity index (χ3n) is 5.98.